The first-order chi connectivity index (χ1) is 19.8. The zero-order valence-corrected chi connectivity index (χ0v) is 24.4. The molecular weight excluding hydrogens is 538 g/mol. The molecule has 0 unspecified atom stereocenters. The van der Waals surface area contributed by atoms with Gasteiger partial charge in [0.25, 0.3) is 0 Å². The monoisotopic (exact) mass is 570 g/mol. The van der Waals surface area contributed by atoms with E-state index in [2.05, 4.69) is 146 Å². The summed E-state index contributed by atoms with van der Waals surface area (Å²) in [6.07, 6.45) is 0. The minimum Gasteiger partial charge on any atom is -0.412 e. The Hall–Kier alpha value is -4.19. The van der Waals surface area contributed by atoms with E-state index in [1.165, 1.54) is 0 Å². The summed E-state index contributed by atoms with van der Waals surface area (Å²) in [4.78, 5) is 16.4. The Kier molecular flexibility index (Phi) is 8.67. The van der Waals surface area contributed by atoms with Crippen molar-refractivity contribution >= 4 is 51.6 Å². The van der Waals surface area contributed by atoms with Gasteiger partial charge in [-0.1, -0.05) is 109 Å². The Morgan fingerprint density at radius 1 is 0.293 bits per heavy atom. The van der Waals surface area contributed by atoms with Gasteiger partial charge in [0.15, 0.2) is 0 Å². The van der Waals surface area contributed by atoms with Crippen LogP contribution in [0.15, 0.2) is 182 Å². The van der Waals surface area contributed by atoms with Crippen molar-refractivity contribution in [3.63, 3.8) is 0 Å². The molecule has 0 aromatic heterocycles. The van der Waals surface area contributed by atoms with Crippen LogP contribution in [0.5, 0.6) is 0 Å². The molecule has 0 atom stereocenters. The zero-order valence-electron chi connectivity index (χ0n) is 22.6. The molecule has 0 heterocycles. The van der Waals surface area contributed by atoms with Crippen LogP contribution in [0, 0.1) is 0 Å². The van der Waals surface area contributed by atoms with Gasteiger partial charge in [0, 0.05) is 0 Å². The van der Waals surface area contributed by atoms with E-state index >= 15 is 4.79 Å². The number of rotatable bonds is 8. The van der Waals surface area contributed by atoms with E-state index in [-0.39, 0.29) is 5.48 Å². The third-order valence-corrected chi connectivity index (χ3v) is 16.8. The first kappa shape index (κ1) is 28.3. The predicted octanol–water partition coefficient (Wildman–Crippen LogP) is 6.27. The quantitative estimate of drug-likeness (QED) is 0.199. The number of carbonyl (C=O) groups excluding carboxylic acids is 1. The van der Waals surface area contributed by atoms with E-state index in [1.807, 2.05) is 36.4 Å². The van der Waals surface area contributed by atoms with Gasteiger partial charge in [-0.05, 0) is 72.8 Å². The van der Waals surface area contributed by atoms with Crippen LogP contribution in [0.3, 0.4) is 0 Å². The summed E-state index contributed by atoms with van der Waals surface area (Å²) < 4.78 is 0. The summed E-state index contributed by atoms with van der Waals surface area (Å²) in [5.41, 5.74) is 0. The predicted molar refractivity (Wildman–Crippen MR) is 179 cm³/mol. The molecule has 0 bridgehead atoms. The Labute approximate surface area is 243 Å². The Morgan fingerprint density at radius 2 is 0.439 bits per heavy atom. The van der Waals surface area contributed by atoms with Crippen LogP contribution >= 0.6 is 14.5 Å². The lowest BCUT2D eigenvalue weighted by molar-refractivity contribution is 0.275. The Morgan fingerprint density at radius 3 is 0.585 bits per heavy atom. The van der Waals surface area contributed by atoms with Gasteiger partial charge in [-0.2, -0.15) is 0 Å². The fourth-order valence-corrected chi connectivity index (χ4v) is 16.4. The van der Waals surface area contributed by atoms with Crippen LogP contribution in [0.25, 0.3) is 0 Å². The molecule has 0 radical (unpaired) electrons. The summed E-state index contributed by atoms with van der Waals surface area (Å²) in [6.45, 7) is 0. The molecule has 0 amide bonds. The molecule has 200 valence electrons. The van der Waals surface area contributed by atoms with Crippen molar-refractivity contribution in [2.75, 3.05) is 0 Å². The topological polar surface area (TPSA) is 48.6 Å². The van der Waals surface area contributed by atoms with Gasteiger partial charge in [0.05, 0.1) is 0 Å². The minimum absolute atomic E-state index is 0. The van der Waals surface area contributed by atoms with Crippen molar-refractivity contribution in [3.8, 4) is 0 Å². The molecule has 0 aliphatic rings. The summed E-state index contributed by atoms with van der Waals surface area (Å²) in [6, 6.07) is 62.9. The minimum atomic E-state index is -2.85. The molecule has 2 nitrogen and oxygen atoms in total. The second kappa shape index (κ2) is 12.5. The molecule has 0 spiro atoms. The molecular formula is C37H32O2P2+2. The first-order valence-electron chi connectivity index (χ1n) is 13.5. The summed E-state index contributed by atoms with van der Waals surface area (Å²) in [5.74, 6) is 0. The molecule has 0 aliphatic heterocycles. The maximum absolute atomic E-state index is 16.4. The van der Waals surface area contributed by atoms with E-state index in [0.29, 0.717) is 5.27 Å². The molecule has 6 aromatic rings. The summed E-state index contributed by atoms with van der Waals surface area (Å²) in [7, 11) is -5.70. The standard InChI is InChI=1S/C37H30OP2.H2O/c38-37(39(31-19-7-1-8-20-31,32-21-9-2-10-22-32)33-23-11-3-12-24-33)40(34-25-13-4-14-26-34,35-27-15-5-16-28-35)36-29-17-6-18-30-36;/h1-30H;1H2/q+2;. The SMILES string of the molecule is O.O=C([P+](c1ccccc1)(c1ccccc1)c1ccccc1)[P+](c1ccccc1)(c1ccccc1)c1ccccc1. The maximum atomic E-state index is 16.4. The maximum Gasteiger partial charge on any atom is 0.426 e. The average Bonchev–Trinajstić information content (AvgIpc) is 3.05. The van der Waals surface area contributed by atoms with Gasteiger partial charge in [-0.25, -0.2) is 4.79 Å². The van der Waals surface area contributed by atoms with Crippen molar-refractivity contribution < 1.29 is 10.3 Å². The van der Waals surface area contributed by atoms with Crippen LogP contribution in [-0.4, -0.2) is 10.7 Å². The van der Waals surface area contributed by atoms with Crippen molar-refractivity contribution in [1.29, 1.82) is 0 Å². The lowest BCUT2D eigenvalue weighted by atomic mass is 10.4. The van der Waals surface area contributed by atoms with Crippen LogP contribution in [0.2, 0.25) is 0 Å². The largest absolute Gasteiger partial charge is 0.426 e. The molecule has 4 heteroatoms. The smallest absolute Gasteiger partial charge is 0.412 e. The molecule has 41 heavy (non-hydrogen) atoms. The number of carbonyl (C=O) groups is 1. The highest BCUT2D eigenvalue weighted by Gasteiger charge is 2.69. The molecule has 0 saturated carbocycles. The van der Waals surface area contributed by atoms with E-state index in [1.54, 1.807) is 0 Å². The van der Waals surface area contributed by atoms with Crippen LogP contribution in [0.1, 0.15) is 0 Å². The van der Waals surface area contributed by atoms with Crippen molar-refractivity contribution in [2.24, 2.45) is 0 Å². The van der Waals surface area contributed by atoms with E-state index < -0.39 is 14.5 Å². The highest BCUT2D eigenvalue weighted by molar-refractivity contribution is 8.30. The fraction of sp³-hybridized carbons (Fsp3) is 0. The molecule has 2 N–H and O–H groups in total. The lowest BCUT2D eigenvalue weighted by Crippen LogP contribution is -2.44. The molecule has 6 aromatic carbocycles. The van der Waals surface area contributed by atoms with E-state index in [0.717, 1.165) is 31.8 Å². The van der Waals surface area contributed by atoms with Crippen LogP contribution in [0.4, 0.5) is 4.79 Å². The second-order valence-electron chi connectivity index (χ2n) is 9.64. The van der Waals surface area contributed by atoms with Crippen molar-refractivity contribution in [2.45, 2.75) is 0 Å². The van der Waals surface area contributed by atoms with Gasteiger partial charge < -0.3 is 5.48 Å². The van der Waals surface area contributed by atoms with Crippen molar-refractivity contribution in [1.82, 2.24) is 0 Å². The second-order valence-corrected chi connectivity index (χ2v) is 16.6. The molecule has 6 rings (SSSR count). The number of hydrogen-bond donors (Lipinski definition) is 0. The normalized spacial score (nSPS) is 11.3. The van der Waals surface area contributed by atoms with Gasteiger partial charge >= 0.3 is 5.27 Å². The highest BCUT2D eigenvalue weighted by atomic mass is 31.2. The van der Waals surface area contributed by atoms with Gasteiger partial charge in [0.1, 0.15) is 31.8 Å². The van der Waals surface area contributed by atoms with Gasteiger partial charge in [0.2, 0.25) is 14.5 Å². The average molecular weight is 571 g/mol. The molecule has 0 fully saturated rings. The number of hydrogen-bond acceptors (Lipinski definition) is 1. The number of benzene rings is 6. The van der Waals surface area contributed by atoms with E-state index in [9.17, 15) is 0 Å². The highest BCUT2D eigenvalue weighted by Crippen LogP contribution is 2.73. The van der Waals surface area contributed by atoms with Crippen LogP contribution < -0.4 is 31.8 Å². The van der Waals surface area contributed by atoms with Crippen molar-refractivity contribution in [3.05, 3.63) is 182 Å². The first-order valence-corrected chi connectivity index (χ1v) is 17.0. The van der Waals surface area contributed by atoms with E-state index in [4.69, 9.17) is 0 Å². The third-order valence-electron chi connectivity index (χ3n) is 7.43. The third kappa shape index (κ3) is 4.86. The lowest BCUT2D eigenvalue weighted by Gasteiger charge is -2.31. The molecule has 0 saturated heterocycles. The zero-order chi connectivity index (χ0) is 27.3. The van der Waals surface area contributed by atoms with Crippen LogP contribution in [-0.2, 0) is 0 Å². The van der Waals surface area contributed by atoms with Gasteiger partial charge in [-0.3, -0.25) is 0 Å². The summed E-state index contributed by atoms with van der Waals surface area (Å²) >= 11 is 0. The summed E-state index contributed by atoms with van der Waals surface area (Å²) in [5, 5.41) is 6.74. The fourth-order valence-electron chi connectivity index (χ4n) is 5.69. The van der Waals surface area contributed by atoms with Gasteiger partial charge in [-0.15, -0.1) is 0 Å². The Bertz CT molecular complexity index is 1360. The molecule has 0 aliphatic carbocycles. The Balaban J connectivity index is 0.00000337.